The smallest absolute Gasteiger partial charge is 0.123 e. The van der Waals surface area contributed by atoms with E-state index in [1.165, 1.54) is 36.0 Å². The molecule has 0 aliphatic heterocycles. The van der Waals surface area contributed by atoms with Crippen molar-refractivity contribution >= 4 is 11.8 Å². The van der Waals surface area contributed by atoms with Gasteiger partial charge < -0.3 is 10.1 Å². The molecule has 0 aromatic heterocycles. The van der Waals surface area contributed by atoms with Gasteiger partial charge in [0.15, 0.2) is 0 Å². The highest BCUT2D eigenvalue weighted by Crippen LogP contribution is 2.31. The van der Waals surface area contributed by atoms with Crippen LogP contribution in [0.1, 0.15) is 5.56 Å². The molecule has 0 saturated carbocycles. The highest BCUT2D eigenvalue weighted by molar-refractivity contribution is 7.99. The Morgan fingerprint density at radius 3 is 2.48 bits per heavy atom. The van der Waals surface area contributed by atoms with Gasteiger partial charge in [0.1, 0.15) is 11.6 Å². The van der Waals surface area contributed by atoms with Gasteiger partial charge in [-0.3, -0.25) is 0 Å². The number of halogens is 2. The monoisotopic (exact) mass is 309 g/mol. The van der Waals surface area contributed by atoms with Crippen LogP contribution in [0, 0.1) is 11.6 Å². The summed E-state index contributed by atoms with van der Waals surface area (Å²) in [5.74, 6) is -0.526. The Bertz CT molecular complexity index is 575. The first-order chi connectivity index (χ1) is 10.2. The summed E-state index contributed by atoms with van der Waals surface area (Å²) < 4.78 is 31.3. The van der Waals surface area contributed by atoms with Crippen LogP contribution in [0.3, 0.4) is 0 Å². The summed E-state index contributed by atoms with van der Waals surface area (Å²) in [5.41, 5.74) is 0.875. The van der Waals surface area contributed by atoms with Crippen molar-refractivity contribution in [2.75, 3.05) is 20.3 Å². The number of methoxy groups -OCH3 is 1. The van der Waals surface area contributed by atoms with Crippen molar-refractivity contribution in [2.45, 2.75) is 16.3 Å². The van der Waals surface area contributed by atoms with Crippen molar-refractivity contribution in [3.8, 4) is 0 Å². The minimum atomic E-state index is -0.264. The molecule has 0 spiro atoms. The van der Waals surface area contributed by atoms with Gasteiger partial charge in [-0.1, -0.05) is 11.8 Å². The van der Waals surface area contributed by atoms with E-state index in [2.05, 4.69) is 5.32 Å². The minimum Gasteiger partial charge on any atom is -0.383 e. The van der Waals surface area contributed by atoms with E-state index in [0.29, 0.717) is 19.7 Å². The largest absolute Gasteiger partial charge is 0.383 e. The summed E-state index contributed by atoms with van der Waals surface area (Å²) in [5, 5.41) is 3.20. The van der Waals surface area contributed by atoms with E-state index in [0.717, 1.165) is 15.4 Å². The molecule has 0 unspecified atom stereocenters. The average Bonchev–Trinajstić information content (AvgIpc) is 2.48. The van der Waals surface area contributed by atoms with Crippen LogP contribution in [0.2, 0.25) is 0 Å². The topological polar surface area (TPSA) is 21.3 Å². The minimum absolute atomic E-state index is 0.262. The number of rotatable bonds is 7. The molecule has 0 aliphatic carbocycles. The lowest BCUT2D eigenvalue weighted by Crippen LogP contribution is -2.19. The van der Waals surface area contributed by atoms with Gasteiger partial charge in [0.2, 0.25) is 0 Å². The van der Waals surface area contributed by atoms with E-state index in [-0.39, 0.29) is 11.6 Å². The molecule has 0 saturated heterocycles. The zero-order valence-electron chi connectivity index (χ0n) is 11.7. The molecule has 0 heterocycles. The lowest BCUT2D eigenvalue weighted by molar-refractivity contribution is 0.199. The fraction of sp³-hybridized carbons (Fsp3) is 0.250. The van der Waals surface area contributed by atoms with Gasteiger partial charge in [0.05, 0.1) is 6.61 Å². The Morgan fingerprint density at radius 1 is 1.05 bits per heavy atom. The van der Waals surface area contributed by atoms with Crippen molar-refractivity contribution in [1.82, 2.24) is 5.32 Å². The van der Waals surface area contributed by atoms with Crippen LogP contribution in [0.25, 0.3) is 0 Å². The first-order valence-electron chi connectivity index (χ1n) is 6.60. The Balaban J connectivity index is 2.08. The fourth-order valence-electron chi connectivity index (χ4n) is 1.81. The molecule has 5 heteroatoms. The Kier molecular flexibility index (Phi) is 6.17. The zero-order valence-corrected chi connectivity index (χ0v) is 12.6. The standard InChI is InChI=1S/C16H17F2NOS/c1-20-9-8-19-11-12-10-14(18)4-7-16(12)21-15-5-2-13(17)3-6-15/h2-7,10,19H,8-9,11H2,1H3. The van der Waals surface area contributed by atoms with Gasteiger partial charge >= 0.3 is 0 Å². The summed E-state index contributed by atoms with van der Waals surface area (Å²) >= 11 is 1.49. The molecule has 112 valence electrons. The Labute approximate surface area is 127 Å². The van der Waals surface area contributed by atoms with Crippen molar-refractivity contribution in [2.24, 2.45) is 0 Å². The normalized spacial score (nSPS) is 10.8. The second-order valence-corrected chi connectivity index (χ2v) is 5.59. The van der Waals surface area contributed by atoms with Crippen LogP contribution in [-0.2, 0) is 11.3 Å². The summed E-state index contributed by atoms with van der Waals surface area (Å²) in [6, 6.07) is 11.0. The summed E-state index contributed by atoms with van der Waals surface area (Å²) in [7, 11) is 1.64. The van der Waals surface area contributed by atoms with Crippen molar-refractivity contribution in [3.63, 3.8) is 0 Å². The van der Waals surface area contributed by atoms with E-state index in [1.54, 1.807) is 25.3 Å². The molecule has 2 aromatic rings. The van der Waals surface area contributed by atoms with Crippen LogP contribution < -0.4 is 5.32 Å². The second kappa shape index (κ2) is 8.12. The van der Waals surface area contributed by atoms with Crippen LogP contribution >= 0.6 is 11.8 Å². The average molecular weight is 309 g/mol. The van der Waals surface area contributed by atoms with E-state index in [9.17, 15) is 8.78 Å². The zero-order chi connectivity index (χ0) is 15.1. The van der Waals surface area contributed by atoms with E-state index in [1.807, 2.05) is 0 Å². The predicted octanol–water partition coefficient (Wildman–Crippen LogP) is 3.85. The summed E-state index contributed by atoms with van der Waals surface area (Å²) in [6.07, 6.45) is 0. The number of ether oxygens (including phenoxy) is 1. The number of hydrogen-bond acceptors (Lipinski definition) is 3. The molecule has 0 amide bonds. The maximum absolute atomic E-state index is 13.4. The molecule has 0 radical (unpaired) electrons. The molecular formula is C16H17F2NOS. The predicted molar refractivity (Wildman–Crippen MR) is 80.5 cm³/mol. The van der Waals surface area contributed by atoms with Gasteiger partial charge in [0.25, 0.3) is 0 Å². The number of hydrogen-bond donors (Lipinski definition) is 1. The quantitative estimate of drug-likeness (QED) is 0.785. The van der Waals surface area contributed by atoms with Crippen LogP contribution in [0.5, 0.6) is 0 Å². The van der Waals surface area contributed by atoms with Gasteiger partial charge in [-0.15, -0.1) is 0 Å². The first-order valence-corrected chi connectivity index (χ1v) is 7.42. The Morgan fingerprint density at radius 2 is 1.76 bits per heavy atom. The Hall–Kier alpha value is -1.43. The van der Waals surface area contributed by atoms with Gasteiger partial charge in [-0.05, 0) is 48.0 Å². The second-order valence-electron chi connectivity index (χ2n) is 4.48. The third-order valence-corrected chi connectivity index (χ3v) is 3.99. The van der Waals surface area contributed by atoms with Crippen LogP contribution in [-0.4, -0.2) is 20.3 Å². The maximum atomic E-state index is 13.4. The van der Waals surface area contributed by atoms with Crippen molar-refractivity contribution < 1.29 is 13.5 Å². The molecule has 0 atom stereocenters. The number of benzene rings is 2. The summed E-state index contributed by atoms with van der Waals surface area (Å²) in [4.78, 5) is 1.87. The third-order valence-electron chi connectivity index (χ3n) is 2.86. The molecule has 0 fully saturated rings. The SMILES string of the molecule is COCCNCc1cc(F)ccc1Sc1ccc(F)cc1. The lowest BCUT2D eigenvalue weighted by Gasteiger charge is -2.10. The summed E-state index contributed by atoms with van der Waals surface area (Å²) in [6.45, 7) is 1.87. The molecule has 0 aliphatic rings. The lowest BCUT2D eigenvalue weighted by atomic mass is 10.2. The molecule has 2 rings (SSSR count). The molecule has 21 heavy (non-hydrogen) atoms. The molecule has 0 bridgehead atoms. The molecular weight excluding hydrogens is 292 g/mol. The highest BCUT2D eigenvalue weighted by Gasteiger charge is 2.06. The van der Waals surface area contributed by atoms with Crippen molar-refractivity contribution in [1.29, 1.82) is 0 Å². The first kappa shape index (κ1) is 15.9. The van der Waals surface area contributed by atoms with Gasteiger partial charge in [-0.25, -0.2) is 8.78 Å². The van der Waals surface area contributed by atoms with Crippen molar-refractivity contribution in [3.05, 3.63) is 59.7 Å². The molecule has 2 nitrogen and oxygen atoms in total. The van der Waals surface area contributed by atoms with Gasteiger partial charge in [0, 0.05) is 30.0 Å². The molecule has 2 aromatic carbocycles. The third kappa shape index (κ3) is 5.12. The highest BCUT2D eigenvalue weighted by atomic mass is 32.2. The van der Waals surface area contributed by atoms with Gasteiger partial charge in [-0.2, -0.15) is 0 Å². The van der Waals surface area contributed by atoms with E-state index in [4.69, 9.17) is 4.74 Å². The number of nitrogens with one attached hydrogen (secondary N) is 1. The van der Waals surface area contributed by atoms with E-state index >= 15 is 0 Å². The van der Waals surface area contributed by atoms with Crippen LogP contribution in [0.4, 0.5) is 8.78 Å². The van der Waals surface area contributed by atoms with Crippen LogP contribution in [0.15, 0.2) is 52.3 Å². The van der Waals surface area contributed by atoms with E-state index < -0.39 is 0 Å². The molecule has 1 N–H and O–H groups in total. The fourth-order valence-corrected chi connectivity index (χ4v) is 2.74. The maximum Gasteiger partial charge on any atom is 0.123 e.